The van der Waals surface area contributed by atoms with Gasteiger partial charge in [-0.1, -0.05) is 12.1 Å². The van der Waals surface area contributed by atoms with Crippen molar-refractivity contribution < 1.29 is 19.1 Å². The summed E-state index contributed by atoms with van der Waals surface area (Å²) in [4.78, 5) is 33.7. The van der Waals surface area contributed by atoms with E-state index in [1.54, 1.807) is 14.2 Å². The summed E-state index contributed by atoms with van der Waals surface area (Å²) in [5.41, 5.74) is 4.64. The lowest BCUT2D eigenvalue weighted by molar-refractivity contribution is -0.138. The van der Waals surface area contributed by atoms with E-state index in [1.165, 1.54) is 17.5 Å². The Morgan fingerprint density at radius 2 is 1.72 bits per heavy atom. The summed E-state index contributed by atoms with van der Waals surface area (Å²) >= 11 is 0. The molecule has 2 aromatic carbocycles. The number of carbonyl (C=O) groups excluding carboxylic acids is 2. The van der Waals surface area contributed by atoms with Gasteiger partial charge in [0.05, 0.1) is 26.1 Å². The van der Waals surface area contributed by atoms with Gasteiger partial charge < -0.3 is 24.6 Å². The molecule has 2 heterocycles. The van der Waals surface area contributed by atoms with E-state index < -0.39 is 0 Å². The Balaban J connectivity index is 1.33. The Morgan fingerprint density at radius 1 is 0.949 bits per heavy atom. The molecule has 0 unspecified atom stereocenters. The number of hydrogen-bond donors (Lipinski definition) is 1. The quantitative estimate of drug-likeness (QED) is 0.560. The van der Waals surface area contributed by atoms with Crippen molar-refractivity contribution in [3.8, 4) is 11.5 Å². The largest absolute Gasteiger partial charge is 0.493 e. The van der Waals surface area contributed by atoms with Gasteiger partial charge in [0.1, 0.15) is 0 Å². The fourth-order valence-electron chi connectivity index (χ4n) is 6.44. The van der Waals surface area contributed by atoms with Crippen LogP contribution in [0.1, 0.15) is 36.0 Å². The fraction of sp³-hybridized carbons (Fsp3) is 0.548. The number of ether oxygens (including phenoxy) is 2. The molecule has 2 fully saturated rings. The third kappa shape index (κ3) is 6.23. The lowest BCUT2D eigenvalue weighted by Gasteiger charge is -2.38. The molecule has 0 radical (unpaired) electrons. The van der Waals surface area contributed by atoms with E-state index in [-0.39, 0.29) is 23.7 Å². The Hall–Kier alpha value is -3.10. The second-order valence-electron chi connectivity index (χ2n) is 11.5. The van der Waals surface area contributed by atoms with Gasteiger partial charge in [-0.15, -0.1) is 0 Å². The summed E-state index contributed by atoms with van der Waals surface area (Å²) in [6.45, 7) is 3.41. The molecular weight excluding hydrogens is 492 g/mol. The first-order valence-electron chi connectivity index (χ1n) is 14.2. The van der Waals surface area contributed by atoms with Gasteiger partial charge in [-0.3, -0.25) is 14.5 Å². The van der Waals surface area contributed by atoms with Crippen LogP contribution in [0.15, 0.2) is 36.4 Å². The number of hydrogen-bond acceptors (Lipinski definition) is 6. The fourth-order valence-corrected chi connectivity index (χ4v) is 6.44. The van der Waals surface area contributed by atoms with E-state index in [1.807, 2.05) is 29.2 Å². The van der Waals surface area contributed by atoms with Crippen molar-refractivity contribution in [1.29, 1.82) is 0 Å². The van der Waals surface area contributed by atoms with Crippen molar-refractivity contribution in [3.63, 3.8) is 0 Å². The average Bonchev–Trinajstić information content (AvgIpc) is 3.62. The summed E-state index contributed by atoms with van der Waals surface area (Å²) < 4.78 is 10.9. The van der Waals surface area contributed by atoms with Crippen LogP contribution in [0.25, 0.3) is 0 Å². The minimum Gasteiger partial charge on any atom is -0.493 e. The SMILES string of the molecule is COc1ccc(CN2C[C@H](C(=O)Nc3ccc4c(c3)CCC4)C[C@H](C(=O)N3CC[C@H](N(C)C)C3)C2)cc1OC. The topological polar surface area (TPSA) is 74.4 Å². The summed E-state index contributed by atoms with van der Waals surface area (Å²) in [5.74, 6) is 1.05. The van der Waals surface area contributed by atoms with E-state index in [2.05, 4.69) is 41.3 Å². The van der Waals surface area contributed by atoms with Crippen LogP contribution < -0.4 is 14.8 Å². The lowest BCUT2D eigenvalue weighted by atomic mass is 9.87. The van der Waals surface area contributed by atoms with Crippen LogP contribution in [-0.4, -0.2) is 87.0 Å². The number of rotatable bonds is 8. The van der Waals surface area contributed by atoms with Crippen LogP contribution in [0.4, 0.5) is 5.69 Å². The normalized spacial score (nSPS) is 23.1. The maximum Gasteiger partial charge on any atom is 0.228 e. The average molecular weight is 535 g/mol. The third-order valence-electron chi connectivity index (χ3n) is 8.67. The molecule has 8 nitrogen and oxygen atoms in total. The standard InChI is InChI=1S/C31H42N4O4/c1-33(2)27-12-13-35(20-27)31(37)25-15-24(30(36)32-26-10-9-22-6-5-7-23(22)16-26)18-34(19-25)17-21-8-11-28(38-3)29(14-21)39-4/h8-11,14,16,24-25,27H,5-7,12-13,15,17-20H2,1-4H3,(H,32,36)/t24-,25+,27+/m1/s1. The van der Waals surface area contributed by atoms with Crippen LogP contribution in [-0.2, 0) is 29.0 Å². The minimum atomic E-state index is -0.270. The van der Waals surface area contributed by atoms with Crippen molar-refractivity contribution in [2.24, 2.45) is 11.8 Å². The van der Waals surface area contributed by atoms with Gasteiger partial charge in [-0.25, -0.2) is 0 Å². The van der Waals surface area contributed by atoms with E-state index >= 15 is 0 Å². The molecular formula is C31H42N4O4. The molecule has 3 aliphatic rings. The molecule has 0 aromatic heterocycles. The van der Waals surface area contributed by atoms with Crippen molar-refractivity contribution in [2.75, 3.05) is 59.8 Å². The zero-order valence-corrected chi connectivity index (χ0v) is 23.7. The maximum atomic E-state index is 13.7. The predicted octanol–water partition coefficient (Wildman–Crippen LogP) is 3.43. The number of carbonyl (C=O) groups is 2. The summed E-state index contributed by atoms with van der Waals surface area (Å²) in [5, 5.41) is 3.18. The van der Waals surface area contributed by atoms with Gasteiger partial charge in [0.15, 0.2) is 11.5 Å². The van der Waals surface area contributed by atoms with E-state index in [0.717, 1.165) is 43.6 Å². The number of aryl methyl sites for hydroxylation is 2. The van der Waals surface area contributed by atoms with Gasteiger partial charge in [0, 0.05) is 44.5 Å². The number of benzene rings is 2. The Kier molecular flexibility index (Phi) is 8.43. The number of anilines is 1. The van der Waals surface area contributed by atoms with Crippen molar-refractivity contribution >= 4 is 17.5 Å². The number of likely N-dealkylation sites (tertiary alicyclic amines) is 2. The highest BCUT2D eigenvalue weighted by atomic mass is 16.5. The lowest BCUT2D eigenvalue weighted by Crippen LogP contribution is -2.49. The van der Waals surface area contributed by atoms with E-state index in [9.17, 15) is 9.59 Å². The molecule has 5 rings (SSSR count). The molecule has 2 aromatic rings. The molecule has 0 bridgehead atoms. The molecule has 3 atom stereocenters. The second-order valence-corrected chi connectivity index (χ2v) is 11.5. The highest BCUT2D eigenvalue weighted by Gasteiger charge is 2.39. The van der Waals surface area contributed by atoms with Crippen molar-refractivity contribution in [2.45, 2.75) is 44.7 Å². The van der Waals surface area contributed by atoms with Crippen LogP contribution in [0.3, 0.4) is 0 Å². The number of nitrogens with zero attached hydrogens (tertiary/aromatic N) is 3. The second kappa shape index (κ2) is 12.0. The third-order valence-corrected chi connectivity index (χ3v) is 8.67. The predicted molar refractivity (Wildman–Crippen MR) is 152 cm³/mol. The van der Waals surface area contributed by atoms with E-state index in [0.29, 0.717) is 43.6 Å². The number of piperidine rings is 1. The zero-order chi connectivity index (χ0) is 27.5. The molecule has 1 aliphatic carbocycles. The molecule has 0 saturated carbocycles. The van der Waals surface area contributed by atoms with Crippen LogP contribution in [0.5, 0.6) is 11.5 Å². The van der Waals surface area contributed by atoms with Crippen LogP contribution >= 0.6 is 0 Å². The molecule has 0 spiro atoms. The summed E-state index contributed by atoms with van der Waals surface area (Å²) in [7, 11) is 7.41. The molecule has 8 heteroatoms. The molecule has 210 valence electrons. The van der Waals surface area contributed by atoms with Gasteiger partial charge >= 0.3 is 0 Å². The summed E-state index contributed by atoms with van der Waals surface area (Å²) in [6, 6.07) is 12.6. The Morgan fingerprint density at radius 3 is 2.46 bits per heavy atom. The van der Waals surface area contributed by atoms with Gasteiger partial charge in [-0.05, 0) is 87.2 Å². The molecule has 39 heavy (non-hydrogen) atoms. The first kappa shape index (κ1) is 27.5. The van der Waals surface area contributed by atoms with Gasteiger partial charge in [-0.2, -0.15) is 0 Å². The first-order chi connectivity index (χ1) is 18.8. The smallest absolute Gasteiger partial charge is 0.228 e. The Labute approximate surface area is 232 Å². The maximum absolute atomic E-state index is 13.7. The monoisotopic (exact) mass is 534 g/mol. The number of methoxy groups -OCH3 is 2. The van der Waals surface area contributed by atoms with Gasteiger partial charge in [0.25, 0.3) is 0 Å². The number of fused-ring (bicyclic) bond motifs is 1. The zero-order valence-electron chi connectivity index (χ0n) is 23.7. The van der Waals surface area contributed by atoms with Gasteiger partial charge in [0.2, 0.25) is 11.8 Å². The van der Waals surface area contributed by atoms with Crippen molar-refractivity contribution in [3.05, 3.63) is 53.1 Å². The minimum absolute atomic E-state index is 0.00431. The Bertz CT molecular complexity index is 1200. The molecule has 2 saturated heterocycles. The number of likely N-dealkylation sites (N-methyl/N-ethyl adjacent to an activating group) is 1. The summed E-state index contributed by atoms with van der Waals surface area (Å²) in [6.07, 6.45) is 4.92. The molecule has 2 amide bonds. The van der Waals surface area contributed by atoms with Crippen LogP contribution in [0.2, 0.25) is 0 Å². The highest BCUT2D eigenvalue weighted by molar-refractivity contribution is 5.93. The number of amides is 2. The van der Waals surface area contributed by atoms with Crippen molar-refractivity contribution in [1.82, 2.24) is 14.7 Å². The van der Waals surface area contributed by atoms with Crippen LogP contribution in [0, 0.1) is 11.8 Å². The molecule has 2 aliphatic heterocycles. The molecule has 1 N–H and O–H groups in total. The highest BCUT2D eigenvalue weighted by Crippen LogP contribution is 2.32. The number of nitrogens with one attached hydrogen (secondary N) is 1. The first-order valence-corrected chi connectivity index (χ1v) is 14.2. The van der Waals surface area contributed by atoms with E-state index in [4.69, 9.17) is 9.47 Å².